The fourth-order valence-corrected chi connectivity index (χ4v) is 4.52. The Morgan fingerprint density at radius 3 is 2.50 bits per heavy atom. The van der Waals surface area contributed by atoms with Gasteiger partial charge in [0.1, 0.15) is 18.2 Å². The number of fused-ring (bicyclic) bond motifs is 1. The van der Waals surface area contributed by atoms with Gasteiger partial charge in [0.2, 0.25) is 5.88 Å². The number of hydrogen-bond donors (Lipinski definition) is 1. The van der Waals surface area contributed by atoms with E-state index in [1.54, 1.807) is 55.6 Å². The standard InChI is InChI=1S/C27H25N7O7S/c1-38-11-12-40-13-14-41-22-9-3-17(15-28-22)24-30-25(32-27(35)21-8-10-23(42-21)34(36)37)20-16-29-33(26(20)31-24)18-4-6-19(39-2)7-5-18/h3-10,15-16H,11-14H2,1-2H3,(H,30,31,32,35). The SMILES string of the molecule is COCCOCCOc1ccc(-c2nc(NC(=O)c3ccc([N+](=O)[O-])s3)c3cnn(-c4ccc(OC)cc4)c3n2)cn1. The first kappa shape index (κ1) is 28.5. The lowest BCUT2D eigenvalue weighted by Gasteiger charge is -2.10. The van der Waals surface area contributed by atoms with Gasteiger partial charge in [0.05, 0.1) is 54.0 Å². The minimum Gasteiger partial charge on any atom is -0.497 e. The number of nitro groups is 1. The highest BCUT2D eigenvalue weighted by Gasteiger charge is 2.20. The minimum absolute atomic E-state index is 0.143. The number of pyridine rings is 1. The lowest BCUT2D eigenvalue weighted by atomic mass is 10.2. The molecule has 0 saturated carbocycles. The molecule has 4 heterocycles. The number of methoxy groups -OCH3 is 2. The van der Waals surface area contributed by atoms with E-state index in [1.807, 2.05) is 12.1 Å². The molecule has 0 radical (unpaired) electrons. The summed E-state index contributed by atoms with van der Waals surface area (Å²) in [7, 11) is 3.18. The van der Waals surface area contributed by atoms with Crippen LogP contribution in [0.3, 0.4) is 0 Å². The Labute approximate surface area is 243 Å². The van der Waals surface area contributed by atoms with Crippen molar-refractivity contribution in [3.8, 4) is 28.7 Å². The van der Waals surface area contributed by atoms with E-state index >= 15 is 0 Å². The first-order chi connectivity index (χ1) is 20.5. The molecule has 0 bridgehead atoms. The molecule has 0 aliphatic heterocycles. The molecule has 42 heavy (non-hydrogen) atoms. The van der Waals surface area contributed by atoms with E-state index in [1.165, 1.54) is 12.1 Å². The van der Waals surface area contributed by atoms with Crippen LogP contribution in [0.25, 0.3) is 28.1 Å². The highest BCUT2D eigenvalue weighted by atomic mass is 32.1. The van der Waals surface area contributed by atoms with Crippen LogP contribution in [-0.2, 0) is 9.47 Å². The van der Waals surface area contributed by atoms with Crippen molar-refractivity contribution in [2.24, 2.45) is 0 Å². The largest absolute Gasteiger partial charge is 0.497 e. The van der Waals surface area contributed by atoms with Crippen molar-refractivity contribution < 1.29 is 28.7 Å². The summed E-state index contributed by atoms with van der Waals surface area (Å²) in [4.78, 5) is 37.4. The van der Waals surface area contributed by atoms with Gasteiger partial charge in [-0.25, -0.2) is 19.6 Å². The van der Waals surface area contributed by atoms with Crippen molar-refractivity contribution >= 4 is 39.1 Å². The van der Waals surface area contributed by atoms with Gasteiger partial charge in [0.15, 0.2) is 11.5 Å². The molecule has 1 amide bonds. The van der Waals surface area contributed by atoms with E-state index < -0.39 is 10.8 Å². The Morgan fingerprint density at radius 1 is 1.00 bits per heavy atom. The number of carbonyl (C=O) groups excluding carboxylic acids is 1. The zero-order chi connectivity index (χ0) is 29.5. The maximum absolute atomic E-state index is 13.0. The molecule has 1 N–H and O–H groups in total. The molecule has 4 aromatic heterocycles. The van der Waals surface area contributed by atoms with Gasteiger partial charge in [-0.1, -0.05) is 11.3 Å². The molecule has 1 aromatic carbocycles. The van der Waals surface area contributed by atoms with Gasteiger partial charge < -0.3 is 24.3 Å². The molecule has 0 fully saturated rings. The van der Waals surface area contributed by atoms with Crippen LogP contribution < -0.4 is 14.8 Å². The molecule has 0 aliphatic rings. The summed E-state index contributed by atoms with van der Waals surface area (Å²) in [6.07, 6.45) is 3.10. The lowest BCUT2D eigenvalue weighted by molar-refractivity contribution is -0.380. The monoisotopic (exact) mass is 591 g/mol. The van der Waals surface area contributed by atoms with Gasteiger partial charge in [-0.15, -0.1) is 0 Å². The van der Waals surface area contributed by atoms with E-state index in [0.717, 1.165) is 11.3 Å². The van der Waals surface area contributed by atoms with Crippen LogP contribution in [0.2, 0.25) is 0 Å². The zero-order valence-electron chi connectivity index (χ0n) is 22.6. The van der Waals surface area contributed by atoms with Crippen LogP contribution in [0.5, 0.6) is 11.6 Å². The molecule has 0 unspecified atom stereocenters. The van der Waals surface area contributed by atoms with Crippen molar-refractivity contribution in [1.82, 2.24) is 24.7 Å². The second-order valence-corrected chi connectivity index (χ2v) is 9.64. The molecule has 216 valence electrons. The molecule has 0 atom stereocenters. The minimum atomic E-state index is -0.550. The number of rotatable bonds is 13. The Balaban J connectivity index is 1.46. The lowest BCUT2D eigenvalue weighted by Crippen LogP contribution is -2.13. The summed E-state index contributed by atoms with van der Waals surface area (Å²) in [5, 5.41) is 18.7. The number of hydrogen-bond acceptors (Lipinski definition) is 12. The molecule has 5 rings (SSSR count). The topological polar surface area (TPSA) is 166 Å². The Hall–Kier alpha value is -4.99. The normalized spacial score (nSPS) is 11.0. The van der Waals surface area contributed by atoms with Crippen molar-refractivity contribution in [3.63, 3.8) is 0 Å². The number of carbonyl (C=O) groups is 1. The second-order valence-electron chi connectivity index (χ2n) is 8.58. The van der Waals surface area contributed by atoms with Gasteiger partial charge in [-0.2, -0.15) is 5.10 Å². The molecular formula is C27H25N7O7S. The molecular weight excluding hydrogens is 566 g/mol. The highest BCUT2D eigenvalue weighted by molar-refractivity contribution is 7.17. The summed E-state index contributed by atoms with van der Waals surface area (Å²) in [6.45, 7) is 1.68. The number of amides is 1. The van der Waals surface area contributed by atoms with E-state index in [-0.39, 0.29) is 21.5 Å². The number of aromatic nitrogens is 5. The smallest absolute Gasteiger partial charge is 0.324 e. The van der Waals surface area contributed by atoms with Crippen molar-refractivity contribution in [2.45, 2.75) is 0 Å². The first-order valence-electron chi connectivity index (χ1n) is 12.6. The number of thiophene rings is 1. The highest BCUT2D eigenvalue weighted by Crippen LogP contribution is 2.29. The first-order valence-corrected chi connectivity index (χ1v) is 13.4. The van der Waals surface area contributed by atoms with Gasteiger partial charge >= 0.3 is 5.00 Å². The fraction of sp³-hybridized carbons (Fsp3) is 0.222. The predicted molar refractivity (Wildman–Crippen MR) is 154 cm³/mol. The van der Waals surface area contributed by atoms with E-state index in [0.29, 0.717) is 60.3 Å². The second kappa shape index (κ2) is 13.1. The summed E-state index contributed by atoms with van der Waals surface area (Å²) >= 11 is 0.767. The van der Waals surface area contributed by atoms with E-state index in [9.17, 15) is 14.9 Å². The third-order valence-corrected chi connectivity index (χ3v) is 6.91. The number of nitrogens with zero attached hydrogens (tertiary/aromatic N) is 6. The molecule has 0 aliphatic carbocycles. The van der Waals surface area contributed by atoms with Crippen molar-refractivity contribution in [3.05, 3.63) is 75.9 Å². The fourth-order valence-electron chi connectivity index (χ4n) is 3.81. The van der Waals surface area contributed by atoms with Gasteiger partial charge in [0, 0.05) is 31.0 Å². The number of anilines is 1. The van der Waals surface area contributed by atoms with Gasteiger partial charge in [-0.05, 0) is 36.4 Å². The summed E-state index contributed by atoms with van der Waals surface area (Å²) < 4.78 is 22.8. The zero-order valence-corrected chi connectivity index (χ0v) is 23.4. The van der Waals surface area contributed by atoms with Crippen molar-refractivity contribution in [2.75, 3.05) is 46.0 Å². The molecule has 14 nitrogen and oxygen atoms in total. The summed E-state index contributed by atoms with van der Waals surface area (Å²) in [5.41, 5.74) is 1.69. The summed E-state index contributed by atoms with van der Waals surface area (Å²) in [6, 6.07) is 13.3. The average molecular weight is 592 g/mol. The van der Waals surface area contributed by atoms with Crippen LogP contribution in [0.4, 0.5) is 10.8 Å². The third kappa shape index (κ3) is 6.49. The van der Waals surface area contributed by atoms with Crippen LogP contribution in [-0.4, -0.2) is 76.2 Å². The van der Waals surface area contributed by atoms with E-state index in [4.69, 9.17) is 23.9 Å². The number of nitrogens with one attached hydrogen (secondary N) is 1. The summed E-state index contributed by atoms with van der Waals surface area (Å²) in [5.74, 6) is 0.979. The Kier molecular flexibility index (Phi) is 8.91. The van der Waals surface area contributed by atoms with Crippen LogP contribution in [0.15, 0.2) is 60.9 Å². The Bertz CT molecular complexity index is 1690. The van der Waals surface area contributed by atoms with Gasteiger partial charge in [0.25, 0.3) is 5.91 Å². The third-order valence-electron chi connectivity index (χ3n) is 5.88. The van der Waals surface area contributed by atoms with Crippen LogP contribution >= 0.6 is 11.3 Å². The van der Waals surface area contributed by atoms with E-state index in [2.05, 4.69) is 20.4 Å². The van der Waals surface area contributed by atoms with Gasteiger partial charge in [-0.3, -0.25) is 14.9 Å². The quantitative estimate of drug-likeness (QED) is 0.119. The molecule has 15 heteroatoms. The van der Waals surface area contributed by atoms with Crippen molar-refractivity contribution in [1.29, 1.82) is 0 Å². The maximum Gasteiger partial charge on any atom is 0.324 e. The molecule has 0 saturated heterocycles. The average Bonchev–Trinajstić information content (AvgIpc) is 3.68. The molecule has 5 aromatic rings. The maximum atomic E-state index is 13.0. The number of ether oxygens (including phenoxy) is 4. The van der Waals surface area contributed by atoms with Crippen LogP contribution in [0.1, 0.15) is 9.67 Å². The number of benzene rings is 1. The molecule has 0 spiro atoms. The Morgan fingerprint density at radius 2 is 1.81 bits per heavy atom. The predicted octanol–water partition coefficient (Wildman–Crippen LogP) is 4.15. The van der Waals surface area contributed by atoms with Crippen LogP contribution in [0, 0.1) is 10.1 Å².